The SMILES string of the molecule is COc1cccc(COc2ccc(C(=N)N)cc2-n2cnnn2)c1. The number of nitrogens with zero attached hydrogens (tertiary/aromatic N) is 4. The minimum Gasteiger partial charge on any atom is -0.497 e. The summed E-state index contributed by atoms with van der Waals surface area (Å²) in [5.41, 5.74) is 7.69. The van der Waals surface area contributed by atoms with Gasteiger partial charge in [-0.05, 0) is 46.3 Å². The summed E-state index contributed by atoms with van der Waals surface area (Å²) < 4.78 is 12.6. The highest BCUT2D eigenvalue weighted by Crippen LogP contribution is 2.25. The molecule has 0 aliphatic rings. The van der Waals surface area contributed by atoms with Crippen molar-refractivity contribution in [3.05, 3.63) is 59.9 Å². The first-order valence-electron chi connectivity index (χ1n) is 7.15. The summed E-state index contributed by atoms with van der Waals surface area (Å²) in [7, 11) is 1.62. The van der Waals surface area contributed by atoms with Crippen molar-refractivity contribution in [3.63, 3.8) is 0 Å². The van der Waals surface area contributed by atoms with Gasteiger partial charge < -0.3 is 15.2 Å². The number of nitrogen functional groups attached to an aromatic ring is 1. The maximum Gasteiger partial charge on any atom is 0.145 e. The molecule has 8 heteroatoms. The van der Waals surface area contributed by atoms with E-state index in [9.17, 15) is 0 Å². The highest BCUT2D eigenvalue weighted by molar-refractivity contribution is 5.95. The number of nitrogens with one attached hydrogen (secondary N) is 1. The van der Waals surface area contributed by atoms with Crippen LogP contribution < -0.4 is 15.2 Å². The van der Waals surface area contributed by atoms with E-state index in [2.05, 4.69) is 15.5 Å². The molecular formula is C16H16N6O2. The fourth-order valence-corrected chi connectivity index (χ4v) is 2.18. The minimum absolute atomic E-state index is 0.0383. The van der Waals surface area contributed by atoms with Crippen molar-refractivity contribution >= 4 is 5.84 Å². The summed E-state index contributed by atoms with van der Waals surface area (Å²) in [4.78, 5) is 0. The number of aromatic nitrogens is 4. The van der Waals surface area contributed by atoms with Crippen LogP contribution in [0.5, 0.6) is 11.5 Å². The molecule has 3 N–H and O–H groups in total. The van der Waals surface area contributed by atoms with Crippen LogP contribution in [0, 0.1) is 5.41 Å². The van der Waals surface area contributed by atoms with Gasteiger partial charge in [0.1, 0.15) is 36.0 Å². The molecule has 1 aromatic heterocycles. The molecule has 24 heavy (non-hydrogen) atoms. The van der Waals surface area contributed by atoms with Crippen LogP contribution in [0.3, 0.4) is 0 Å². The van der Waals surface area contributed by atoms with Crippen LogP contribution in [0.25, 0.3) is 5.69 Å². The van der Waals surface area contributed by atoms with Gasteiger partial charge in [-0.15, -0.1) is 5.10 Å². The lowest BCUT2D eigenvalue weighted by molar-refractivity contribution is 0.303. The molecule has 122 valence electrons. The average molecular weight is 324 g/mol. The zero-order chi connectivity index (χ0) is 16.9. The lowest BCUT2D eigenvalue weighted by Gasteiger charge is -2.12. The molecule has 1 heterocycles. The Morgan fingerprint density at radius 3 is 2.83 bits per heavy atom. The van der Waals surface area contributed by atoms with Crippen molar-refractivity contribution in [1.82, 2.24) is 20.2 Å². The van der Waals surface area contributed by atoms with Gasteiger partial charge in [-0.2, -0.15) is 4.68 Å². The Bertz CT molecular complexity index is 848. The van der Waals surface area contributed by atoms with Gasteiger partial charge in [-0.25, -0.2) is 0 Å². The van der Waals surface area contributed by atoms with Gasteiger partial charge >= 0.3 is 0 Å². The minimum atomic E-state index is -0.0383. The molecule has 0 radical (unpaired) electrons. The van der Waals surface area contributed by atoms with Gasteiger partial charge in [0.05, 0.1) is 7.11 Å². The maximum absolute atomic E-state index is 7.57. The molecule has 0 aliphatic heterocycles. The fraction of sp³-hybridized carbons (Fsp3) is 0.125. The molecule has 2 aromatic carbocycles. The first-order valence-corrected chi connectivity index (χ1v) is 7.15. The molecular weight excluding hydrogens is 308 g/mol. The largest absolute Gasteiger partial charge is 0.497 e. The standard InChI is InChI=1S/C16H16N6O2/c1-23-13-4-2-3-11(7-13)9-24-15-6-5-12(16(17)18)8-14(15)22-10-19-20-21-22/h2-8,10H,9H2,1H3,(H3,17,18). The number of tetrazole rings is 1. The third kappa shape index (κ3) is 3.32. The number of nitrogens with two attached hydrogens (primary N) is 1. The van der Waals surface area contributed by atoms with E-state index < -0.39 is 0 Å². The zero-order valence-electron chi connectivity index (χ0n) is 13.0. The highest BCUT2D eigenvalue weighted by Gasteiger charge is 2.11. The number of amidine groups is 1. The van der Waals surface area contributed by atoms with E-state index in [1.165, 1.54) is 11.0 Å². The lowest BCUT2D eigenvalue weighted by atomic mass is 10.1. The van der Waals surface area contributed by atoms with Gasteiger partial charge in [-0.3, -0.25) is 5.41 Å². The molecule has 0 saturated heterocycles. The Hall–Kier alpha value is -3.42. The Morgan fingerprint density at radius 2 is 2.12 bits per heavy atom. The second-order valence-electron chi connectivity index (χ2n) is 4.99. The summed E-state index contributed by atoms with van der Waals surface area (Å²) in [6.45, 7) is 0.353. The normalized spacial score (nSPS) is 10.4. The van der Waals surface area contributed by atoms with Gasteiger partial charge in [0.2, 0.25) is 0 Å². The van der Waals surface area contributed by atoms with E-state index >= 15 is 0 Å². The van der Waals surface area contributed by atoms with Crippen LogP contribution in [-0.4, -0.2) is 33.2 Å². The second kappa shape index (κ2) is 6.78. The Morgan fingerprint density at radius 1 is 1.25 bits per heavy atom. The second-order valence-corrected chi connectivity index (χ2v) is 4.99. The Labute approximate surface area is 138 Å². The lowest BCUT2D eigenvalue weighted by Crippen LogP contribution is -2.12. The van der Waals surface area contributed by atoms with E-state index in [1.54, 1.807) is 25.3 Å². The first kappa shape index (κ1) is 15.5. The molecule has 0 fully saturated rings. The maximum atomic E-state index is 7.57. The number of methoxy groups -OCH3 is 1. The van der Waals surface area contributed by atoms with Crippen molar-refractivity contribution in [1.29, 1.82) is 5.41 Å². The van der Waals surface area contributed by atoms with E-state index in [1.807, 2.05) is 24.3 Å². The number of ether oxygens (including phenoxy) is 2. The molecule has 0 bridgehead atoms. The van der Waals surface area contributed by atoms with Crippen molar-refractivity contribution < 1.29 is 9.47 Å². The molecule has 3 rings (SSSR count). The van der Waals surface area contributed by atoms with Gasteiger partial charge in [0, 0.05) is 5.56 Å². The molecule has 0 aliphatic carbocycles. The van der Waals surface area contributed by atoms with Gasteiger partial charge in [-0.1, -0.05) is 12.1 Å². The van der Waals surface area contributed by atoms with E-state index in [0.29, 0.717) is 23.6 Å². The topological polar surface area (TPSA) is 112 Å². The van der Waals surface area contributed by atoms with Gasteiger partial charge in [0.15, 0.2) is 0 Å². The number of benzene rings is 2. The van der Waals surface area contributed by atoms with Crippen molar-refractivity contribution in [2.45, 2.75) is 6.61 Å². The molecule has 0 amide bonds. The Kier molecular flexibility index (Phi) is 4.37. The van der Waals surface area contributed by atoms with Crippen LogP contribution in [-0.2, 0) is 6.61 Å². The zero-order valence-corrected chi connectivity index (χ0v) is 13.0. The quantitative estimate of drug-likeness (QED) is 0.525. The van der Waals surface area contributed by atoms with Crippen LogP contribution in [0.2, 0.25) is 0 Å². The third-order valence-electron chi connectivity index (χ3n) is 3.39. The summed E-state index contributed by atoms with van der Waals surface area (Å²) in [5, 5.41) is 18.7. The molecule has 0 spiro atoms. The molecule has 8 nitrogen and oxygen atoms in total. The monoisotopic (exact) mass is 324 g/mol. The van der Waals surface area contributed by atoms with E-state index in [0.717, 1.165) is 11.3 Å². The highest BCUT2D eigenvalue weighted by atomic mass is 16.5. The van der Waals surface area contributed by atoms with E-state index in [-0.39, 0.29) is 5.84 Å². The average Bonchev–Trinajstić information content (AvgIpc) is 3.14. The molecule has 3 aromatic rings. The molecule has 0 unspecified atom stereocenters. The van der Waals surface area contributed by atoms with Crippen LogP contribution in [0.15, 0.2) is 48.8 Å². The van der Waals surface area contributed by atoms with Gasteiger partial charge in [0.25, 0.3) is 0 Å². The number of rotatable bonds is 6. The smallest absolute Gasteiger partial charge is 0.145 e. The van der Waals surface area contributed by atoms with Crippen LogP contribution >= 0.6 is 0 Å². The number of hydrogen-bond donors (Lipinski definition) is 2. The Balaban J connectivity index is 1.88. The summed E-state index contributed by atoms with van der Waals surface area (Å²) in [6.07, 6.45) is 1.46. The molecule has 0 atom stereocenters. The third-order valence-corrected chi connectivity index (χ3v) is 3.39. The molecule has 0 saturated carbocycles. The van der Waals surface area contributed by atoms with Crippen LogP contribution in [0.4, 0.5) is 0 Å². The predicted octanol–water partition coefficient (Wildman–Crippen LogP) is 1.53. The van der Waals surface area contributed by atoms with Crippen molar-refractivity contribution in [3.8, 4) is 17.2 Å². The summed E-state index contributed by atoms with van der Waals surface area (Å²) in [5.74, 6) is 1.31. The fourth-order valence-electron chi connectivity index (χ4n) is 2.18. The number of hydrogen-bond acceptors (Lipinski definition) is 6. The van der Waals surface area contributed by atoms with Crippen molar-refractivity contribution in [2.75, 3.05) is 7.11 Å². The van der Waals surface area contributed by atoms with E-state index in [4.69, 9.17) is 20.6 Å². The van der Waals surface area contributed by atoms with Crippen molar-refractivity contribution in [2.24, 2.45) is 5.73 Å². The first-order chi connectivity index (χ1) is 11.7. The predicted molar refractivity (Wildman–Crippen MR) is 87.5 cm³/mol. The summed E-state index contributed by atoms with van der Waals surface area (Å²) in [6, 6.07) is 12.8. The van der Waals surface area contributed by atoms with Crippen LogP contribution in [0.1, 0.15) is 11.1 Å². The summed E-state index contributed by atoms with van der Waals surface area (Å²) >= 11 is 0.